The zero-order chi connectivity index (χ0) is 18.4. The molecule has 6 nitrogen and oxygen atoms in total. The van der Waals surface area contributed by atoms with Crippen LogP contribution in [-0.2, 0) is 6.54 Å². The molecule has 1 aromatic carbocycles. The van der Waals surface area contributed by atoms with E-state index in [2.05, 4.69) is 34.4 Å². The first-order valence-corrected chi connectivity index (χ1v) is 9.45. The van der Waals surface area contributed by atoms with Gasteiger partial charge >= 0.3 is 6.03 Å². The van der Waals surface area contributed by atoms with Gasteiger partial charge in [0, 0.05) is 38.1 Å². The second kappa shape index (κ2) is 8.85. The number of imidazole rings is 1. The lowest BCUT2D eigenvalue weighted by Gasteiger charge is -2.35. The Morgan fingerprint density at radius 1 is 1.31 bits per heavy atom. The average molecular weight is 355 g/mol. The summed E-state index contributed by atoms with van der Waals surface area (Å²) < 4.78 is 1.96. The molecule has 0 saturated carbocycles. The monoisotopic (exact) mass is 355 g/mol. The second-order valence-electron chi connectivity index (χ2n) is 7.26. The number of benzene rings is 1. The van der Waals surface area contributed by atoms with E-state index in [0.717, 1.165) is 24.3 Å². The lowest BCUT2D eigenvalue weighted by Crippen LogP contribution is -2.45. The summed E-state index contributed by atoms with van der Waals surface area (Å²) in [5.74, 6) is 0.537. The number of nitrogens with one attached hydrogen (secondary N) is 2. The number of para-hydroxylation sites is 1. The Morgan fingerprint density at radius 3 is 2.92 bits per heavy atom. The number of likely N-dealkylation sites (tertiary alicyclic amines) is 1. The van der Waals surface area contributed by atoms with Crippen molar-refractivity contribution in [2.24, 2.45) is 5.92 Å². The van der Waals surface area contributed by atoms with Crippen LogP contribution in [0.25, 0.3) is 5.69 Å². The van der Waals surface area contributed by atoms with Crippen LogP contribution in [0.15, 0.2) is 43.0 Å². The molecule has 1 fully saturated rings. The van der Waals surface area contributed by atoms with Crippen molar-refractivity contribution in [2.75, 3.05) is 19.6 Å². The van der Waals surface area contributed by atoms with E-state index in [0.29, 0.717) is 18.5 Å². The molecule has 140 valence electrons. The third-order valence-corrected chi connectivity index (χ3v) is 5.05. The molecule has 1 aliphatic heterocycles. The van der Waals surface area contributed by atoms with Gasteiger partial charge in [0.25, 0.3) is 0 Å². The SMILES string of the molecule is CC(C)N1CCCC(CNC(=O)NCc2ccccc2-n2ccnc2)C1. The van der Waals surface area contributed by atoms with Crippen LogP contribution in [-0.4, -0.2) is 46.2 Å². The van der Waals surface area contributed by atoms with Gasteiger partial charge in [0.2, 0.25) is 0 Å². The first kappa shape index (κ1) is 18.5. The fraction of sp³-hybridized carbons (Fsp3) is 0.500. The Hall–Kier alpha value is -2.34. The van der Waals surface area contributed by atoms with Crippen LogP contribution in [0.1, 0.15) is 32.3 Å². The molecule has 1 unspecified atom stereocenters. The van der Waals surface area contributed by atoms with Gasteiger partial charge in [-0.2, -0.15) is 0 Å². The van der Waals surface area contributed by atoms with E-state index >= 15 is 0 Å². The molecule has 1 aromatic heterocycles. The van der Waals surface area contributed by atoms with Crippen molar-refractivity contribution in [2.45, 2.75) is 39.3 Å². The van der Waals surface area contributed by atoms with Crippen LogP contribution >= 0.6 is 0 Å². The third-order valence-electron chi connectivity index (χ3n) is 5.05. The highest BCUT2D eigenvalue weighted by molar-refractivity contribution is 5.74. The van der Waals surface area contributed by atoms with Gasteiger partial charge in [0.05, 0.1) is 12.0 Å². The molecule has 1 aliphatic rings. The van der Waals surface area contributed by atoms with Crippen molar-refractivity contribution < 1.29 is 4.79 Å². The molecule has 1 saturated heterocycles. The highest BCUT2D eigenvalue weighted by Gasteiger charge is 2.21. The minimum absolute atomic E-state index is 0.105. The van der Waals surface area contributed by atoms with Gasteiger partial charge < -0.3 is 20.1 Å². The molecule has 2 N–H and O–H groups in total. The number of hydrogen-bond acceptors (Lipinski definition) is 3. The summed E-state index contributed by atoms with van der Waals surface area (Å²) in [7, 11) is 0. The first-order valence-electron chi connectivity index (χ1n) is 9.45. The Labute approximate surface area is 155 Å². The quantitative estimate of drug-likeness (QED) is 0.838. The molecule has 1 atom stereocenters. The van der Waals surface area contributed by atoms with Crippen LogP contribution in [0, 0.1) is 5.92 Å². The molecule has 6 heteroatoms. The maximum atomic E-state index is 12.2. The van der Waals surface area contributed by atoms with Gasteiger partial charge in [-0.25, -0.2) is 9.78 Å². The standard InChI is InChI=1S/C20H29N5O/c1-16(2)24-10-5-6-17(14-24)12-22-20(26)23-13-18-7-3-4-8-19(18)25-11-9-21-15-25/h3-4,7-9,11,15-17H,5-6,10,12-14H2,1-2H3,(H2,22,23,26). The van der Waals surface area contributed by atoms with Crippen LogP contribution < -0.4 is 10.6 Å². The van der Waals surface area contributed by atoms with E-state index in [1.165, 1.54) is 19.4 Å². The lowest BCUT2D eigenvalue weighted by atomic mass is 9.97. The number of aromatic nitrogens is 2. The Balaban J connectivity index is 1.48. The number of nitrogens with zero attached hydrogens (tertiary/aromatic N) is 3. The van der Waals surface area contributed by atoms with Crippen LogP contribution in [0.3, 0.4) is 0 Å². The summed E-state index contributed by atoms with van der Waals surface area (Å²) in [6.07, 6.45) is 7.82. The summed E-state index contributed by atoms with van der Waals surface area (Å²) in [4.78, 5) is 18.8. The van der Waals surface area contributed by atoms with Crippen LogP contribution in [0.5, 0.6) is 0 Å². The van der Waals surface area contributed by atoms with E-state index in [1.807, 2.05) is 35.0 Å². The maximum absolute atomic E-state index is 12.2. The van der Waals surface area contributed by atoms with Gasteiger partial charge in [-0.1, -0.05) is 18.2 Å². The van der Waals surface area contributed by atoms with Crippen molar-refractivity contribution in [1.29, 1.82) is 0 Å². The van der Waals surface area contributed by atoms with E-state index in [9.17, 15) is 4.79 Å². The zero-order valence-electron chi connectivity index (χ0n) is 15.7. The molecule has 26 heavy (non-hydrogen) atoms. The molecule has 0 radical (unpaired) electrons. The topological polar surface area (TPSA) is 62.2 Å². The summed E-state index contributed by atoms with van der Waals surface area (Å²) >= 11 is 0. The smallest absolute Gasteiger partial charge is 0.315 e. The van der Waals surface area contributed by atoms with Gasteiger partial charge in [0.1, 0.15) is 0 Å². The van der Waals surface area contributed by atoms with Gasteiger partial charge in [-0.3, -0.25) is 0 Å². The number of urea groups is 1. The van der Waals surface area contributed by atoms with Crippen molar-refractivity contribution in [1.82, 2.24) is 25.1 Å². The molecule has 0 bridgehead atoms. The Bertz CT molecular complexity index is 698. The van der Waals surface area contributed by atoms with E-state index in [4.69, 9.17) is 0 Å². The second-order valence-corrected chi connectivity index (χ2v) is 7.26. The Morgan fingerprint density at radius 2 is 2.15 bits per heavy atom. The molecule has 2 aromatic rings. The van der Waals surface area contributed by atoms with Crippen molar-refractivity contribution in [3.05, 3.63) is 48.5 Å². The molecule has 3 rings (SSSR count). The molecule has 0 spiro atoms. The van der Waals surface area contributed by atoms with Crippen molar-refractivity contribution >= 4 is 6.03 Å². The third kappa shape index (κ3) is 4.85. The van der Waals surface area contributed by atoms with Gasteiger partial charge in [0.15, 0.2) is 0 Å². The number of piperidine rings is 1. The molecule has 2 heterocycles. The minimum atomic E-state index is -0.105. The fourth-order valence-corrected chi connectivity index (χ4v) is 3.52. The van der Waals surface area contributed by atoms with Crippen LogP contribution in [0.2, 0.25) is 0 Å². The number of amides is 2. The number of carbonyl (C=O) groups excluding carboxylic acids is 1. The maximum Gasteiger partial charge on any atom is 0.315 e. The molecular formula is C20H29N5O. The summed E-state index contributed by atoms with van der Waals surface area (Å²) in [6, 6.07) is 8.50. The minimum Gasteiger partial charge on any atom is -0.338 e. The first-order chi connectivity index (χ1) is 12.6. The molecule has 0 aliphatic carbocycles. The predicted molar refractivity (Wildman–Crippen MR) is 103 cm³/mol. The highest BCUT2D eigenvalue weighted by atomic mass is 16.2. The molecule has 2 amide bonds. The number of rotatable bonds is 6. The van der Waals surface area contributed by atoms with Crippen LogP contribution in [0.4, 0.5) is 4.79 Å². The fourth-order valence-electron chi connectivity index (χ4n) is 3.52. The van der Waals surface area contributed by atoms with Crippen molar-refractivity contribution in [3.63, 3.8) is 0 Å². The van der Waals surface area contributed by atoms with E-state index in [1.54, 1.807) is 12.5 Å². The summed E-state index contributed by atoms with van der Waals surface area (Å²) in [6.45, 7) is 7.94. The van der Waals surface area contributed by atoms with E-state index in [-0.39, 0.29) is 6.03 Å². The highest BCUT2D eigenvalue weighted by Crippen LogP contribution is 2.17. The lowest BCUT2D eigenvalue weighted by molar-refractivity contribution is 0.139. The van der Waals surface area contributed by atoms with Crippen molar-refractivity contribution in [3.8, 4) is 5.69 Å². The largest absolute Gasteiger partial charge is 0.338 e. The number of carbonyl (C=O) groups is 1. The zero-order valence-corrected chi connectivity index (χ0v) is 15.7. The van der Waals surface area contributed by atoms with Gasteiger partial charge in [-0.15, -0.1) is 0 Å². The summed E-state index contributed by atoms with van der Waals surface area (Å²) in [5.41, 5.74) is 2.09. The van der Waals surface area contributed by atoms with E-state index < -0.39 is 0 Å². The molecular weight excluding hydrogens is 326 g/mol. The number of hydrogen-bond donors (Lipinski definition) is 2. The Kier molecular flexibility index (Phi) is 6.28. The van der Waals surface area contributed by atoms with Gasteiger partial charge in [-0.05, 0) is 50.8 Å². The normalized spacial score (nSPS) is 18.0. The average Bonchev–Trinajstić information content (AvgIpc) is 3.19. The summed E-state index contributed by atoms with van der Waals surface area (Å²) in [5, 5.41) is 6.02. The predicted octanol–water partition coefficient (Wildman–Crippen LogP) is 2.79.